The van der Waals surface area contributed by atoms with E-state index in [2.05, 4.69) is 42.3 Å². The Kier molecular flexibility index (Phi) is 3.75. The molecule has 0 bridgehead atoms. The van der Waals surface area contributed by atoms with Crippen LogP contribution in [0.2, 0.25) is 0 Å². The molecule has 0 aliphatic heterocycles. The van der Waals surface area contributed by atoms with Crippen molar-refractivity contribution in [1.29, 1.82) is 0 Å². The summed E-state index contributed by atoms with van der Waals surface area (Å²) in [6.45, 7) is 4.53. The first-order valence-electron chi connectivity index (χ1n) is 4.92. The first-order valence-corrected chi connectivity index (χ1v) is 6.71. The molecule has 72 valence electrons. The van der Waals surface area contributed by atoms with Gasteiger partial charge in [-0.3, -0.25) is 0 Å². The van der Waals surface area contributed by atoms with E-state index < -0.39 is 0 Å². The van der Waals surface area contributed by atoms with Gasteiger partial charge < -0.3 is 4.23 Å². The zero-order chi connectivity index (χ0) is 9.84. The summed E-state index contributed by atoms with van der Waals surface area (Å²) in [4.78, 5) is 0. The summed E-state index contributed by atoms with van der Waals surface area (Å²) >= 11 is 0. The number of nitrogens with zero attached hydrogens (tertiary/aromatic N) is 1. The van der Waals surface area contributed by atoms with Crippen LogP contribution >= 0.6 is 0 Å². The summed E-state index contributed by atoms with van der Waals surface area (Å²) in [5, 5.41) is 0. The maximum Gasteiger partial charge on any atom is 0.0965 e. The molecule has 0 aliphatic carbocycles. The fourth-order valence-electron chi connectivity index (χ4n) is 1.34. The zero-order valence-electron chi connectivity index (χ0n) is 9.04. The molecule has 0 saturated heterocycles. The van der Waals surface area contributed by atoms with Gasteiger partial charge in [-0.25, -0.2) is 0 Å². The molecule has 0 spiro atoms. The molecule has 0 aliphatic rings. The predicted molar refractivity (Wildman–Crippen MR) is 67.5 cm³/mol. The second-order valence-electron chi connectivity index (χ2n) is 3.80. The minimum Gasteiger partial charge on any atom is -0.439 e. The molecule has 0 heterocycles. The highest BCUT2D eigenvalue weighted by molar-refractivity contribution is 6.41. The van der Waals surface area contributed by atoms with Crippen molar-refractivity contribution < 1.29 is 0 Å². The smallest absolute Gasteiger partial charge is 0.0965 e. The van der Waals surface area contributed by atoms with Crippen molar-refractivity contribution in [2.45, 2.75) is 26.2 Å². The second-order valence-corrected chi connectivity index (χ2v) is 8.27. The maximum absolute atomic E-state index is 2.40. The molecule has 0 amide bonds. The van der Waals surface area contributed by atoms with Gasteiger partial charge in [-0.2, -0.15) is 0 Å². The molecule has 1 aromatic carbocycles. The van der Waals surface area contributed by atoms with Crippen LogP contribution in [0.15, 0.2) is 24.3 Å². The van der Waals surface area contributed by atoms with E-state index in [4.69, 9.17) is 0 Å². The molecule has 3 heteroatoms. The Morgan fingerprint density at radius 1 is 1.23 bits per heavy atom. The highest BCUT2D eigenvalue weighted by Crippen LogP contribution is 2.20. The third-order valence-corrected chi connectivity index (χ3v) is 3.62. The topological polar surface area (TPSA) is 3.24 Å². The lowest BCUT2D eigenvalue weighted by molar-refractivity contribution is 0.734. The van der Waals surface area contributed by atoms with Crippen molar-refractivity contribution in [3.8, 4) is 0 Å². The quantitative estimate of drug-likeness (QED) is 0.658. The molecule has 0 saturated carbocycles. The first-order chi connectivity index (χ1) is 6.15. The van der Waals surface area contributed by atoms with Crippen molar-refractivity contribution in [2.24, 2.45) is 0 Å². The van der Waals surface area contributed by atoms with E-state index in [0.29, 0.717) is 5.92 Å². The van der Waals surface area contributed by atoms with Gasteiger partial charge in [0.25, 0.3) is 0 Å². The average Bonchev–Trinajstić information content (AvgIpc) is 2.17. The summed E-state index contributed by atoms with van der Waals surface area (Å²) in [5.41, 5.74) is 2.86. The third-order valence-electron chi connectivity index (χ3n) is 2.59. The lowest BCUT2D eigenvalue weighted by Gasteiger charge is -2.15. The number of hydrogen-bond acceptors (Lipinski definition) is 1. The number of anilines is 1. The van der Waals surface area contributed by atoms with Crippen LogP contribution in [0.5, 0.6) is 0 Å². The second kappa shape index (κ2) is 4.62. The van der Waals surface area contributed by atoms with Crippen molar-refractivity contribution >= 4 is 26.5 Å². The zero-order valence-corrected chi connectivity index (χ0v) is 13.0. The standard InChI is InChI=1S/C10H19NSi2/c1-3-8(2)9-4-6-10(7-5-9)11(12)13/h4-8H,3H2,1-2,12-13H3. The molecule has 1 unspecified atom stereocenters. The molecule has 0 radical (unpaired) electrons. The van der Waals surface area contributed by atoms with Gasteiger partial charge in [-0.05, 0) is 30.0 Å². The Labute approximate surface area is 87.2 Å². The average molecular weight is 209 g/mol. The van der Waals surface area contributed by atoms with Gasteiger partial charge in [0.2, 0.25) is 0 Å². The Balaban J connectivity index is 2.81. The van der Waals surface area contributed by atoms with E-state index in [1.165, 1.54) is 17.7 Å². The van der Waals surface area contributed by atoms with E-state index in [-0.39, 0.29) is 0 Å². The van der Waals surface area contributed by atoms with Crippen LogP contribution in [0, 0.1) is 0 Å². The largest absolute Gasteiger partial charge is 0.439 e. The molecule has 1 rings (SSSR count). The predicted octanol–water partition coefficient (Wildman–Crippen LogP) is 0.567. The molecule has 13 heavy (non-hydrogen) atoms. The van der Waals surface area contributed by atoms with E-state index in [1.54, 1.807) is 0 Å². The molecule has 1 atom stereocenters. The SMILES string of the molecule is CCC(C)c1ccc(N([SiH3])[SiH3])cc1. The highest BCUT2D eigenvalue weighted by Gasteiger charge is 2.02. The lowest BCUT2D eigenvalue weighted by Crippen LogP contribution is -2.13. The van der Waals surface area contributed by atoms with Crippen LogP contribution in [-0.2, 0) is 0 Å². The van der Waals surface area contributed by atoms with E-state index in [1.807, 2.05) is 0 Å². The number of benzene rings is 1. The van der Waals surface area contributed by atoms with Crippen molar-refractivity contribution in [1.82, 2.24) is 0 Å². The Hall–Kier alpha value is -0.546. The highest BCUT2D eigenvalue weighted by atomic mass is 28.2. The van der Waals surface area contributed by atoms with Gasteiger partial charge in [0, 0.05) is 5.69 Å². The number of hydrogen-bond donors (Lipinski definition) is 0. The summed E-state index contributed by atoms with van der Waals surface area (Å²) in [7, 11) is 2.29. The van der Waals surface area contributed by atoms with Gasteiger partial charge in [0.1, 0.15) is 0 Å². The summed E-state index contributed by atoms with van der Waals surface area (Å²) in [5.74, 6) is 0.700. The van der Waals surface area contributed by atoms with Crippen LogP contribution in [-0.4, -0.2) is 20.8 Å². The van der Waals surface area contributed by atoms with Gasteiger partial charge in [-0.1, -0.05) is 26.0 Å². The van der Waals surface area contributed by atoms with E-state index >= 15 is 0 Å². The van der Waals surface area contributed by atoms with E-state index in [9.17, 15) is 0 Å². The van der Waals surface area contributed by atoms with Gasteiger partial charge >= 0.3 is 0 Å². The molecule has 1 aromatic rings. The molecular weight excluding hydrogens is 190 g/mol. The van der Waals surface area contributed by atoms with Crippen LogP contribution in [0.3, 0.4) is 0 Å². The fraction of sp³-hybridized carbons (Fsp3) is 0.400. The minimum atomic E-state index is 0.700. The van der Waals surface area contributed by atoms with Gasteiger partial charge in [0.15, 0.2) is 0 Å². The summed E-state index contributed by atoms with van der Waals surface area (Å²) < 4.78 is 2.40. The summed E-state index contributed by atoms with van der Waals surface area (Å²) in [6.07, 6.45) is 1.23. The minimum absolute atomic E-state index is 0.700. The normalized spacial score (nSPS) is 13.1. The van der Waals surface area contributed by atoms with Gasteiger partial charge in [0.05, 0.1) is 20.8 Å². The molecular formula is C10H19NSi2. The van der Waals surface area contributed by atoms with E-state index in [0.717, 1.165) is 20.8 Å². The Morgan fingerprint density at radius 2 is 1.77 bits per heavy atom. The van der Waals surface area contributed by atoms with Crippen LogP contribution in [0.25, 0.3) is 0 Å². The fourth-order valence-corrected chi connectivity index (χ4v) is 1.93. The van der Waals surface area contributed by atoms with Crippen molar-refractivity contribution in [3.05, 3.63) is 29.8 Å². The molecule has 0 N–H and O–H groups in total. The van der Waals surface area contributed by atoms with Crippen LogP contribution in [0.1, 0.15) is 31.7 Å². The van der Waals surface area contributed by atoms with Crippen molar-refractivity contribution in [3.63, 3.8) is 0 Å². The Bertz CT molecular complexity index is 256. The first kappa shape index (κ1) is 10.5. The molecule has 0 aromatic heterocycles. The lowest BCUT2D eigenvalue weighted by atomic mass is 9.99. The monoisotopic (exact) mass is 209 g/mol. The Morgan fingerprint density at radius 3 is 2.15 bits per heavy atom. The maximum atomic E-state index is 2.40. The molecule has 1 nitrogen and oxygen atoms in total. The molecule has 0 fully saturated rings. The van der Waals surface area contributed by atoms with Crippen molar-refractivity contribution in [2.75, 3.05) is 4.23 Å². The van der Waals surface area contributed by atoms with Crippen LogP contribution < -0.4 is 4.23 Å². The summed E-state index contributed by atoms with van der Waals surface area (Å²) in [6, 6.07) is 9.04. The van der Waals surface area contributed by atoms with Gasteiger partial charge in [-0.15, -0.1) is 0 Å². The van der Waals surface area contributed by atoms with Crippen LogP contribution in [0.4, 0.5) is 5.69 Å². The third kappa shape index (κ3) is 2.70. The number of rotatable bonds is 3.